The predicted molar refractivity (Wildman–Crippen MR) is 75.8 cm³/mol. The van der Waals surface area contributed by atoms with E-state index >= 15 is 0 Å². The van der Waals surface area contributed by atoms with Crippen molar-refractivity contribution in [1.29, 1.82) is 0 Å². The number of ether oxygens (including phenoxy) is 1. The van der Waals surface area contributed by atoms with E-state index in [1.54, 1.807) is 7.11 Å². The summed E-state index contributed by atoms with van der Waals surface area (Å²) in [6.07, 6.45) is 3.87. The van der Waals surface area contributed by atoms with E-state index in [1.807, 2.05) is 0 Å². The van der Waals surface area contributed by atoms with Crippen LogP contribution in [0.1, 0.15) is 37.8 Å². The van der Waals surface area contributed by atoms with Crippen LogP contribution >= 0.6 is 0 Å². The summed E-state index contributed by atoms with van der Waals surface area (Å²) in [6.45, 7) is 6.57. The van der Waals surface area contributed by atoms with Crippen molar-refractivity contribution < 1.29 is 4.74 Å². The Morgan fingerprint density at radius 3 is 2.56 bits per heavy atom. The third-order valence-electron chi connectivity index (χ3n) is 4.08. The molecular weight excluding hydrogens is 222 g/mol. The van der Waals surface area contributed by atoms with Gasteiger partial charge >= 0.3 is 0 Å². The summed E-state index contributed by atoms with van der Waals surface area (Å²) in [5, 5.41) is 3.48. The number of piperidine rings is 1. The quantitative estimate of drug-likeness (QED) is 0.882. The molecule has 1 aromatic rings. The second-order valence-electron chi connectivity index (χ2n) is 5.83. The predicted octanol–water partition coefficient (Wildman–Crippen LogP) is 3.11. The fourth-order valence-corrected chi connectivity index (χ4v) is 2.59. The van der Waals surface area contributed by atoms with E-state index in [4.69, 9.17) is 4.74 Å². The monoisotopic (exact) mass is 247 g/mol. The number of hydrogen-bond donors (Lipinski definition) is 1. The van der Waals surface area contributed by atoms with E-state index in [0.717, 1.165) is 5.92 Å². The van der Waals surface area contributed by atoms with Crippen molar-refractivity contribution in [3.8, 4) is 0 Å². The lowest BCUT2D eigenvalue weighted by Crippen LogP contribution is -2.30. The van der Waals surface area contributed by atoms with Crippen molar-refractivity contribution in [2.75, 3.05) is 20.2 Å². The Balaban J connectivity index is 1.99. The van der Waals surface area contributed by atoms with Gasteiger partial charge in [-0.1, -0.05) is 24.3 Å². The molecule has 2 rings (SSSR count). The van der Waals surface area contributed by atoms with Crippen molar-refractivity contribution in [3.05, 3.63) is 35.4 Å². The first kappa shape index (κ1) is 13.6. The molecule has 1 saturated heterocycles. The van der Waals surface area contributed by atoms with Crippen molar-refractivity contribution in [2.45, 2.75) is 38.7 Å². The highest BCUT2D eigenvalue weighted by Crippen LogP contribution is 2.25. The van der Waals surface area contributed by atoms with Crippen LogP contribution in [0.4, 0.5) is 0 Å². The van der Waals surface area contributed by atoms with Crippen LogP contribution in [0, 0.1) is 5.92 Å². The summed E-state index contributed by atoms with van der Waals surface area (Å²) in [4.78, 5) is 0. The van der Waals surface area contributed by atoms with E-state index in [9.17, 15) is 0 Å². The van der Waals surface area contributed by atoms with Crippen molar-refractivity contribution in [2.24, 2.45) is 5.92 Å². The maximum atomic E-state index is 5.50. The zero-order valence-corrected chi connectivity index (χ0v) is 11.8. The van der Waals surface area contributed by atoms with Gasteiger partial charge in [0.1, 0.15) is 0 Å². The minimum atomic E-state index is -0.190. The van der Waals surface area contributed by atoms with Gasteiger partial charge in [0.2, 0.25) is 0 Å². The van der Waals surface area contributed by atoms with Crippen LogP contribution in [-0.2, 0) is 16.8 Å². The lowest BCUT2D eigenvalue weighted by molar-refractivity contribution is 0.0192. The Bertz CT molecular complexity index is 363. The van der Waals surface area contributed by atoms with Gasteiger partial charge in [-0.2, -0.15) is 0 Å². The third kappa shape index (κ3) is 3.33. The normalized spacial score (nSPS) is 20.9. The average molecular weight is 247 g/mol. The molecule has 1 aliphatic rings. The summed E-state index contributed by atoms with van der Waals surface area (Å²) in [5.74, 6) is 0.806. The number of hydrogen-bond acceptors (Lipinski definition) is 2. The molecule has 2 nitrogen and oxygen atoms in total. The van der Waals surface area contributed by atoms with Crippen LogP contribution in [-0.4, -0.2) is 20.2 Å². The molecule has 0 amide bonds. The van der Waals surface area contributed by atoms with Crippen LogP contribution in [0.15, 0.2) is 24.3 Å². The molecule has 1 unspecified atom stereocenters. The number of methoxy groups -OCH3 is 1. The molecule has 0 radical (unpaired) electrons. The smallest absolute Gasteiger partial charge is 0.0871 e. The minimum absolute atomic E-state index is 0.190. The summed E-state index contributed by atoms with van der Waals surface area (Å²) in [7, 11) is 1.77. The van der Waals surface area contributed by atoms with E-state index in [2.05, 4.69) is 43.4 Å². The zero-order chi connectivity index (χ0) is 13.0. The SMILES string of the molecule is COC(C)(C)c1ccc(CC2CCCNC2)cc1. The maximum absolute atomic E-state index is 5.50. The Morgan fingerprint density at radius 2 is 2.00 bits per heavy atom. The highest BCUT2D eigenvalue weighted by atomic mass is 16.5. The van der Waals surface area contributed by atoms with Crippen LogP contribution in [0.2, 0.25) is 0 Å². The lowest BCUT2D eigenvalue weighted by Gasteiger charge is -2.25. The molecule has 1 heterocycles. The van der Waals surface area contributed by atoms with Gasteiger partial charge in [-0.15, -0.1) is 0 Å². The first-order valence-corrected chi connectivity index (χ1v) is 6.97. The van der Waals surface area contributed by atoms with Crippen molar-refractivity contribution >= 4 is 0 Å². The van der Waals surface area contributed by atoms with Gasteiger partial charge in [0, 0.05) is 7.11 Å². The van der Waals surface area contributed by atoms with Crippen LogP contribution in [0.25, 0.3) is 0 Å². The standard InChI is InChI=1S/C16H25NO/c1-16(2,18-3)15-8-6-13(7-9-15)11-14-5-4-10-17-12-14/h6-9,14,17H,4-5,10-12H2,1-3H3. The summed E-state index contributed by atoms with van der Waals surface area (Å²) in [5.41, 5.74) is 2.50. The number of benzene rings is 1. The second-order valence-corrected chi connectivity index (χ2v) is 5.83. The first-order valence-electron chi connectivity index (χ1n) is 6.97. The molecule has 1 fully saturated rings. The average Bonchev–Trinajstić information content (AvgIpc) is 2.40. The van der Waals surface area contributed by atoms with E-state index in [-0.39, 0.29) is 5.60 Å². The van der Waals surface area contributed by atoms with Crippen molar-refractivity contribution in [1.82, 2.24) is 5.32 Å². The van der Waals surface area contributed by atoms with E-state index < -0.39 is 0 Å². The zero-order valence-electron chi connectivity index (χ0n) is 11.8. The molecule has 0 aromatic heterocycles. The third-order valence-corrected chi connectivity index (χ3v) is 4.08. The van der Waals surface area contributed by atoms with Gasteiger partial charge in [0.15, 0.2) is 0 Å². The van der Waals surface area contributed by atoms with Gasteiger partial charge in [-0.05, 0) is 63.2 Å². The van der Waals surface area contributed by atoms with Gasteiger partial charge in [0.25, 0.3) is 0 Å². The maximum Gasteiger partial charge on any atom is 0.0871 e. The van der Waals surface area contributed by atoms with E-state index in [0.29, 0.717) is 0 Å². The minimum Gasteiger partial charge on any atom is -0.374 e. The Hall–Kier alpha value is -0.860. The molecule has 0 aliphatic carbocycles. The highest BCUT2D eigenvalue weighted by molar-refractivity contribution is 5.26. The van der Waals surface area contributed by atoms with Crippen LogP contribution in [0.5, 0.6) is 0 Å². The largest absolute Gasteiger partial charge is 0.374 e. The molecule has 0 spiro atoms. The molecule has 100 valence electrons. The Labute approximate surface area is 111 Å². The van der Waals surface area contributed by atoms with Crippen LogP contribution in [0.3, 0.4) is 0 Å². The molecule has 1 N–H and O–H groups in total. The van der Waals surface area contributed by atoms with Crippen LogP contribution < -0.4 is 5.32 Å². The van der Waals surface area contributed by atoms with Gasteiger partial charge in [-0.3, -0.25) is 0 Å². The summed E-state index contributed by atoms with van der Waals surface area (Å²) in [6, 6.07) is 8.92. The molecule has 1 aromatic carbocycles. The second kappa shape index (κ2) is 5.85. The molecule has 0 bridgehead atoms. The molecule has 1 aliphatic heterocycles. The van der Waals surface area contributed by atoms with Crippen molar-refractivity contribution in [3.63, 3.8) is 0 Å². The molecule has 18 heavy (non-hydrogen) atoms. The fourth-order valence-electron chi connectivity index (χ4n) is 2.59. The molecule has 1 atom stereocenters. The first-order chi connectivity index (χ1) is 8.62. The molecule has 2 heteroatoms. The van der Waals surface area contributed by atoms with Gasteiger partial charge in [-0.25, -0.2) is 0 Å². The fraction of sp³-hybridized carbons (Fsp3) is 0.625. The number of rotatable bonds is 4. The summed E-state index contributed by atoms with van der Waals surface area (Å²) < 4.78 is 5.50. The lowest BCUT2D eigenvalue weighted by atomic mass is 9.90. The Kier molecular flexibility index (Phi) is 4.41. The molecular formula is C16H25NO. The summed E-state index contributed by atoms with van der Waals surface area (Å²) >= 11 is 0. The number of nitrogens with one attached hydrogen (secondary N) is 1. The van der Waals surface area contributed by atoms with E-state index in [1.165, 1.54) is 43.5 Å². The topological polar surface area (TPSA) is 21.3 Å². The van der Waals surface area contributed by atoms with Gasteiger partial charge in [0.05, 0.1) is 5.60 Å². The molecule has 0 saturated carbocycles. The Morgan fingerprint density at radius 1 is 1.28 bits per heavy atom. The highest BCUT2D eigenvalue weighted by Gasteiger charge is 2.19. The van der Waals surface area contributed by atoms with Gasteiger partial charge < -0.3 is 10.1 Å².